The average Bonchev–Trinajstić information content (AvgIpc) is 2.67. The minimum absolute atomic E-state index is 0.103. The Hall–Kier alpha value is -1.97. The van der Waals surface area contributed by atoms with Gasteiger partial charge in [-0.3, -0.25) is 9.59 Å². The topological polar surface area (TPSA) is 110 Å². The zero-order valence-corrected chi connectivity index (χ0v) is 17.0. The molecule has 2 N–H and O–H groups in total. The molecule has 28 heavy (non-hydrogen) atoms. The molecule has 0 bridgehead atoms. The molecule has 2 saturated heterocycles. The van der Waals surface area contributed by atoms with E-state index in [1.54, 1.807) is 17.0 Å². The van der Waals surface area contributed by atoms with E-state index in [2.05, 4.69) is 0 Å². The number of likely N-dealkylation sites (tertiary alicyclic amines) is 1. The van der Waals surface area contributed by atoms with Crippen molar-refractivity contribution in [2.24, 2.45) is 11.7 Å². The van der Waals surface area contributed by atoms with E-state index >= 15 is 0 Å². The molecule has 2 heterocycles. The molecule has 2 aliphatic rings. The highest BCUT2D eigenvalue weighted by atomic mass is 32.2. The fourth-order valence-electron chi connectivity index (χ4n) is 3.82. The number of nitrogens with zero attached hydrogens (tertiary/aromatic N) is 2. The van der Waals surface area contributed by atoms with Crippen LogP contribution < -0.4 is 5.73 Å². The first kappa shape index (κ1) is 20.8. The van der Waals surface area contributed by atoms with Crippen molar-refractivity contribution in [2.45, 2.75) is 43.8 Å². The summed E-state index contributed by atoms with van der Waals surface area (Å²) in [6.45, 7) is 5.11. The predicted octanol–water partition coefficient (Wildman–Crippen LogP) is 0.822. The maximum absolute atomic E-state index is 13.0. The van der Waals surface area contributed by atoms with Gasteiger partial charge >= 0.3 is 0 Å². The van der Waals surface area contributed by atoms with Crippen LogP contribution in [0.2, 0.25) is 0 Å². The first-order chi connectivity index (χ1) is 13.2. The van der Waals surface area contributed by atoms with E-state index < -0.39 is 10.0 Å². The molecule has 0 radical (unpaired) electrons. The summed E-state index contributed by atoms with van der Waals surface area (Å²) in [5.74, 6) is -0.779. The van der Waals surface area contributed by atoms with Gasteiger partial charge in [0.1, 0.15) is 0 Å². The van der Waals surface area contributed by atoms with E-state index in [1.165, 1.54) is 16.4 Å². The lowest BCUT2D eigenvalue weighted by Crippen LogP contribution is -2.48. The Morgan fingerprint density at radius 3 is 2.29 bits per heavy atom. The average molecular weight is 410 g/mol. The Labute approximate surface area is 165 Å². The molecule has 0 aromatic heterocycles. The van der Waals surface area contributed by atoms with E-state index in [-0.39, 0.29) is 47.9 Å². The van der Waals surface area contributed by atoms with Crippen LogP contribution in [0.25, 0.3) is 0 Å². The van der Waals surface area contributed by atoms with Crippen LogP contribution >= 0.6 is 0 Å². The summed E-state index contributed by atoms with van der Waals surface area (Å²) in [5.41, 5.74) is 5.66. The van der Waals surface area contributed by atoms with Gasteiger partial charge in [0, 0.05) is 37.7 Å². The largest absolute Gasteiger partial charge is 0.373 e. The minimum atomic E-state index is -3.71. The van der Waals surface area contributed by atoms with Gasteiger partial charge in [-0.15, -0.1) is 0 Å². The van der Waals surface area contributed by atoms with E-state index in [1.807, 2.05) is 13.8 Å². The lowest BCUT2D eigenvalue weighted by molar-refractivity contribution is -0.123. The predicted molar refractivity (Wildman–Crippen MR) is 103 cm³/mol. The lowest BCUT2D eigenvalue weighted by atomic mass is 9.96. The minimum Gasteiger partial charge on any atom is -0.373 e. The highest BCUT2D eigenvalue weighted by Crippen LogP contribution is 2.24. The third-order valence-electron chi connectivity index (χ3n) is 5.29. The molecule has 154 valence electrons. The van der Waals surface area contributed by atoms with Crippen LogP contribution in [0.3, 0.4) is 0 Å². The number of morpholine rings is 1. The molecule has 3 rings (SSSR count). The maximum atomic E-state index is 13.0. The molecule has 2 atom stereocenters. The van der Waals surface area contributed by atoms with Crippen molar-refractivity contribution in [1.82, 2.24) is 9.21 Å². The fourth-order valence-corrected chi connectivity index (χ4v) is 5.45. The zero-order chi connectivity index (χ0) is 20.5. The summed E-state index contributed by atoms with van der Waals surface area (Å²) in [6.07, 6.45) is 0.690. The Morgan fingerprint density at radius 1 is 1.11 bits per heavy atom. The van der Waals surface area contributed by atoms with Crippen LogP contribution in [-0.4, -0.2) is 67.8 Å². The molecular formula is C19H27N3O5S. The van der Waals surface area contributed by atoms with Gasteiger partial charge in [0.05, 0.1) is 17.1 Å². The van der Waals surface area contributed by atoms with Crippen LogP contribution in [0.5, 0.6) is 0 Å². The zero-order valence-electron chi connectivity index (χ0n) is 16.2. The molecule has 1 aromatic carbocycles. The van der Waals surface area contributed by atoms with Crippen molar-refractivity contribution in [3.05, 3.63) is 29.8 Å². The molecule has 2 aliphatic heterocycles. The fraction of sp³-hybridized carbons (Fsp3) is 0.579. The standard InChI is InChI=1S/C19H27N3O5S/c1-13-11-22(12-14(2)27-13)28(25,26)17-5-3-4-16(10-17)19(24)21-8-6-15(7-9-21)18(20)23/h3-5,10,13-15H,6-9,11-12H2,1-2H3,(H2,20,23)/t13-,14-/m1/s1. The molecule has 0 unspecified atom stereocenters. The number of carbonyl (C=O) groups excluding carboxylic acids is 2. The van der Waals surface area contributed by atoms with Crippen molar-refractivity contribution < 1.29 is 22.7 Å². The van der Waals surface area contributed by atoms with E-state index in [4.69, 9.17) is 10.5 Å². The molecule has 1 aromatic rings. The number of sulfonamides is 1. The van der Waals surface area contributed by atoms with Crippen LogP contribution in [0.1, 0.15) is 37.0 Å². The van der Waals surface area contributed by atoms with Crippen molar-refractivity contribution >= 4 is 21.8 Å². The van der Waals surface area contributed by atoms with Crippen molar-refractivity contribution in [1.29, 1.82) is 0 Å². The number of carbonyl (C=O) groups is 2. The third-order valence-corrected chi connectivity index (χ3v) is 7.12. The van der Waals surface area contributed by atoms with Crippen molar-refractivity contribution in [2.75, 3.05) is 26.2 Å². The van der Waals surface area contributed by atoms with E-state index in [0.29, 0.717) is 31.5 Å². The Balaban J connectivity index is 1.76. The van der Waals surface area contributed by atoms with Gasteiger partial charge in [-0.05, 0) is 44.9 Å². The highest BCUT2D eigenvalue weighted by Gasteiger charge is 2.33. The summed E-state index contributed by atoms with van der Waals surface area (Å²) in [4.78, 5) is 25.9. The van der Waals surface area contributed by atoms with Crippen molar-refractivity contribution in [3.63, 3.8) is 0 Å². The summed E-state index contributed by atoms with van der Waals surface area (Å²) in [6, 6.07) is 6.15. The second-order valence-electron chi connectivity index (χ2n) is 7.58. The lowest BCUT2D eigenvalue weighted by Gasteiger charge is -2.34. The van der Waals surface area contributed by atoms with E-state index in [0.717, 1.165) is 0 Å². The number of piperidine rings is 1. The first-order valence-electron chi connectivity index (χ1n) is 9.52. The molecule has 2 fully saturated rings. The number of hydrogen-bond acceptors (Lipinski definition) is 5. The number of ether oxygens (including phenoxy) is 1. The van der Waals surface area contributed by atoms with Crippen LogP contribution in [0, 0.1) is 5.92 Å². The number of hydrogen-bond donors (Lipinski definition) is 1. The highest BCUT2D eigenvalue weighted by molar-refractivity contribution is 7.89. The molecule has 0 saturated carbocycles. The van der Waals surface area contributed by atoms with Gasteiger partial charge in [0.15, 0.2) is 0 Å². The van der Waals surface area contributed by atoms with E-state index in [9.17, 15) is 18.0 Å². The van der Waals surface area contributed by atoms with Gasteiger partial charge < -0.3 is 15.4 Å². The van der Waals surface area contributed by atoms with Gasteiger partial charge in [0.2, 0.25) is 15.9 Å². The van der Waals surface area contributed by atoms with Gasteiger partial charge in [-0.25, -0.2) is 8.42 Å². The van der Waals surface area contributed by atoms with Gasteiger partial charge in [0.25, 0.3) is 5.91 Å². The molecule has 8 nitrogen and oxygen atoms in total. The van der Waals surface area contributed by atoms with Crippen LogP contribution in [0.15, 0.2) is 29.2 Å². The quantitative estimate of drug-likeness (QED) is 0.792. The Bertz CT molecular complexity index is 839. The molecule has 2 amide bonds. The first-order valence-corrected chi connectivity index (χ1v) is 11.0. The summed E-state index contributed by atoms with van der Waals surface area (Å²) >= 11 is 0. The van der Waals surface area contributed by atoms with Crippen LogP contribution in [0.4, 0.5) is 0 Å². The molecule has 0 aliphatic carbocycles. The number of nitrogens with two attached hydrogens (primary N) is 1. The normalized spacial score (nSPS) is 24.9. The van der Waals surface area contributed by atoms with Crippen LogP contribution in [-0.2, 0) is 19.6 Å². The molecular weight excluding hydrogens is 382 g/mol. The monoisotopic (exact) mass is 409 g/mol. The van der Waals surface area contributed by atoms with Gasteiger partial charge in [-0.2, -0.15) is 4.31 Å². The van der Waals surface area contributed by atoms with Gasteiger partial charge in [-0.1, -0.05) is 6.07 Å². The second-order valence-corrected chi connectivity index (χ2v) is 9.51. The summed E-state index contributed by atoms with van der Waals surface area (Å²) in [5, 5.41) is 0. The second kappa shape index (κ2) is 8.18. The SMILES string of the molecule is C[C@@H]1CN(S(=O)(=O)c2cccc(C(=O)N3CCC(C(N)=O)CC3)c2)C[C@@H](C)O1. The summed E-state index contributed by atoms with van der Waals surface area (Å²) < 4.78 is 33.1. The Morgan fingerprint density at radius 2 is 1.71 bits per heavy atom. The number of rotatable bonds is 4. The smallest absolute Gasteiger partial charge is 0.253 e. The van der Waals surface area contributed by atoms with Crippen molar-refractivity contribution in [3.8, 4) is 0 Å². The Kier molecular flexibility index (Phi) is 6.07. The number of benzene rings is 1. The number of amides is 2. The number of primary amides is 1. The third kappa shape index (κ3) is 4.37. The molecule has 0 spiro atoms. The molecule has 9 heteroatoms. The summed E-state index contributed by atoms with van der Waals surface area (Å²) in [7, 11) is -3.71. The maximum Gasteiger partial charge on any atom is 0.253 e.